The molecule has 0 radical (unpaired) electrons. The molecule has 1 amide bonds. The van der Waals surface area contributed by atoms with Crippen molar-refractivity contribution < 1.29 is 24.2 Å². The first-order valence-electron chi connectivity index (χ1n) is 11.1. The van der Waals surface area contributed by atoms with Gasteiger partial charge in [0.15, 0.2) is 0 Å². The highest BCUT2D eigenvalue weighted by molar-refractivity contribution is 5.93. The molecule has 0 bridgehead atoms. The molecule has 7 heteroatoms. The van der Waals surface area contributed by atoms with Gasteiger partial charge in [-0.2, -0.15) is 0 Å². The van der Waals surface area contributed by atoms with Crippen LogP contribution in [0.4, 0.5) is 0 Å². The molecule has 4 atom stereocenters. The van der Waals surface area contributed by atoms with Crippen molar-refractivity contribution in [2.75, 3.05) is 13.7 Å². The second kappa shape index (κ2) is 11.1. The molecule has 2 rings (SSSR count). The fourth-order valence-corrected chi connectivity index (χ4v) is 4.75. The van der Waals surface area contributed by atoms with Gasteiger partial charge in [0.2, 0.25) is 5.91 Å². The van der Waals surface area contributed by atoms with Gasteiger partial charge in [0.25, 0.3) is 0 Å². The summed E-state index contributed by atoms with van der Waals surface area (Å²) in [6.07, 6.45) is 7.66. The molecule has 0 aromatic heterocycles. The summed E-state index contributed by atoms with van der Waals surface area (Å²) in [5, 5.41) is 17.3. The number of aldehydes is 1. The van der Waals surface area contributed by atoms with E-state index >= 15 is 0 Å². The maximum Gasteiger partial charge on any atom is 0.319 e. The number of esters is 1. The summed E-state index contributed by atoms with van der Waals surface area (Å²) in [5.41, 5.74) is -1.42. The van der Waals surface area contributed by atoms with Crippen molar-refractivity contribution in [3.8, 4) is 0 Å². The molecule has 1 aliphatic heterocycles. The summed E-state index contributed by atoms with van der Waals surface area (Å²) in [6.45, 7) is 4.36. The van der Waals surface area contributed by atoms with E-state index in [1.54, 1.807) is 13.8 Å². The van der Waals surface area contributed by atoms with Gasteiger partial charge in [-0.3, -0.25) is 9.59 Å². The number of carbonyl (C=O) groups excluding carboxylic acids is 3. The SMILES string of the molecule is COC(=O)[C@@](C=O)(C[C@H](O)[C@H](CC1CCCCC1)NC(=O)[C@@H]1CCCN1)C(C)C. The smallest absolute Gasteiger partial charge is 0.319 e. The van der Waals surface area contributed by atoms with Crippen molar-refractivity contribution >= 4 is 18.2 Å². The lowest BCUT2D eigenvalue weighted by molar-refractivity contribution is -0.160. The molecule has 1 saturated carbocycles. The van der Waals surface area contributed by atoms with Gasteiger partial charge >= 0.3 is 5.97 Å². The first kappa shape index (κ1) is 23.8. The molecule has 2 aliphatic rings. The largest absolute Gasteiger partial charge is 0.468 e. The zero-order valence-corrected chi connectivity index (χ0v) is 18.1. The number of hydrogen-bond acceptors (Lipinski definition) is 6. The average molecular weight is 411 g/mol. The lowest BCUT2D eigenvalue weighted by atomic mass is 9.72. The van der Waals surface area contributed by atoms with Crippen LogP contribution in [0.25, 0.3) is 0 Å². The Morgan fingerprint density at radius 1 is 1.21 bits per heavy atom. The standard InChI is InChI=1S/C22H38N2O5/c1-15(2)22(14-25,21(28)29-3)13-19(26)18(12-16-8-5-4-6-9-16)24-20(27)17-10-7-11-23-17/h14-19,23,26H,4-13H2,1-3H3,(H,24,27)/t17-,18-,19-,22+/m0/s1. The molecule has 0 unspecified atom stereocenters. The Bertz CT molecular complexity index is 555. The van der Waals surface area contributed by atoms with E-state index in [1.807, 2.05) is 0 Å². The molecular formula is C22H38N2O5. The van der Waals surface area contributed by atoms with Crippen molar-refractivity contribution in [1.82, 2.24) is 10.6 Å². The normalized spacial score (nSPS) is 24.5. The van der Waals surface area contributed by atoms with Crippen LogP contribution in [-0.4, -0.2) is 55.1 Å². The van der Waals surface area contributed by atoms with E-state index in [0.717, 1.165) is 45.1 Å². The number of aliphatic hydroxyl groups excluding tert-OH is 1. The molecule has 2 fully saturated rings. The van der Waals surface area contributed by atoms with Gasteiger partial charge in [0.1, 0.15) is 11.7 Å². The quantitative estimate of drug-likeness (QED) is 0.289. The van der Waals surface area contributed by atoms with E-state index in [0.29, 0.717) is 18.6 Å². The molecule has 0 spiro atoms. The van der Waals surface area contributed by atoms with Crippen molar-refractivity contribution in [1.29, 1.82) is 0 Å². The molecule has 0 aromatic rings. The third-order valence-electron chi connectivity index (χ3n) is 6.83. The fraction of sp³-hybridized carbons (Fsp3) is 0.864. The molecule has 3 N–H and O–H groups in total. The van der Waals surface area contributed by atoms with Crippen LogP contribution in [0.5, 0.6) is 0 Å². The van der Waals surface area contributed by atoms with Crippen molar-refractivity contribution in [2.24, 2.45) is 17.3 Å². The van der Waals surface area contributed by atoms with Crippen molar-refractivity contribution in [3.05, 3.63) is 0 Å². The highest BCUT2D eigenvalue weighted by Gasteiger charge is 2.46. The maximum atomic E-state index is 12.7. The third-order valence-corrected chi connectivity index (χ3v) is 6.83. The maximum absolute atomic E-state index is 12.7. The number of methoxy groups -OCH3 is 1. The molecule has 29 heavy (non-hydrogen) atoms. The monoisotopic (exact) mass is 410 g/mol. The number of aliphatic hydroxyl groups is 1. The number of amides is 1. The van der Waals surface area contributed by atoms with E-state index in [-0.39, 0.29) is 24.3 Å². The lowest BCUT2D eigenvalue weighted by Crippen LogP contribution is -2.53. The van der Waals surface area contributed by atoms with Gasteiger partial charge < -0.3 is 25.3 Å². The Labute approximate surface area is 174 Å². The minimum absolute atomic E-state index is 0.0589. The molecule has 1 saturated heterocycles. The Morgan fingerprint density at radius 3 is 2.41 bits per heavy atom. The fourth-order valence-electron chi connectivity index (χ4n) is 4.75. The molecular weight excluding hydrogens is 372 g/mol. The zero-order valence-electron chi connectivity index (χ0n) is 18.1. The van der Waals surface area contributed by atoms with Gasteiger partial charge in [-0.25, -0.2) is 0 Å². The van der Waals surface area contributed by atoms with Crippen LogP contribution in [0.3, 0.4) is 0 Å². The Morgan fingerprint density at radius 2 is 1.90 bits per heavy atom. The summed E-state index contributed by atoms with van der Waals surface area (Å²) < 4.78 is 4.88. The number of nitrogens with one attached hydrogen (secondary N) is 2. The van der Waals surface area contributed by atoms with E-state index < -0.39 is 23.5 Å². The molecule has 7 nitrogen and oxygen atoms in total. The number of rotatable bonds is 10. The summed E-state index contributed by atoms with van der Waals surface area (Å²) >= 11 is 0. The van der Waals surface area contributed by atoms with Gasteiger partial charge in [-0.1, -0.05) is 46.0 Å². The summed E-state index contributed by atoms with van der Waals surface area (Å²) in [7, 11) is 1.25. The summed E-state index contributed by atoms with van der Waals surface area (Å²) in [5.74, 6) is -0.642. The Balaban J connectivity index is 2.16. The van der Waals surface area contributed by atoms with Gasteiger partial charge in [0, 0.05) is 0 Å². The topological polar surface area (TPSA) is 105 Å². The van der Waals surface area contributed by atoms with Crippen LogP contribution in [0, 0.1) is 17.3 Å². The molecule has 1 aliphatic carbocycles. The number of ether oxygens (including phenoxy) is 1. The Kier molecular flexibility index (Phi) is 9.08. The van der Waals surface area contributed by atoms with Crippen LogP contribution >= 0.6 is 0 Å². The molecule has 1 heterocycles. The van der Waals surface area contributed by atoms with Crippen LogP contribution in [0.15, 0.2) is 0 Å². The van der Waals surface area contributed by atoms with Crippen LogP contribution in [0.2, 0.25) is 0 Å². The second-order valence-electron chi connectivity index (χ2n) is 9.08. The first-order valence-corrected chi connectivity index (χ1v) is 11.1. The Hall–Kier alpha value is -1.47. The summed E-state index contributed by atoms with van der Waals surface area (Å²) in [4.78, 5) is 37.1. The predicted octanol–water partition coefficient (Wildman–Crippen LogP) is 1.96. The average Bonchev–Trinajstić information content (AvgIpc) is 3.26. The van der Waals surface area contributed by atoms with Crippen LogP contribution < -0.4 is 10.6 Å². The van der Waals surface area contributed by atoms with E-state index in [4.69, 9.17) is 4.74 Å². The minimum Gasteiger partial charge on any atom is -0.468 e. The van der Waals surface area contributed by atoms with Crippen molar-refractivity contribution in [2.45, 2.75) is 89.8 Å². The molecule has 0 aromatic carbocycles. The van der Waals surface area contributed by atoms with Crippen molar-refractivity contribution in [3.63, 3.8) is 0 Å². The first-order chi connectivity index (χ1) is 13.8. The highest BCUT2D eigenvalue weighted by atomic mass is 16.5. The second-order valence-corrected chi connectivity index (χ2v) is 9.08. The highest BCUT2D eigenvalue weighted by Crippen LogP contribution is 2.35. The lowest BCUT2D eigenvalue weighted by Gasteiger charge is -2.36. The minimum atomic E-state index is -1.42. The molecule has 166 valence electrons. The van der Waals surface area contributed by atoms with Crippen LogP contribution in [-0.2, 0) is 19.1 Å². The van der Waals surface area contributed by atoms with E-state index in [2.05, 4.69) is 10.6 Å². The van der Waals surface area contributed by atoms with Gasteiger partial charge in [0.05, 0.1) is 25.3 Å². The van der Waals surface area contributed by atoms with E-state index in [9.17, 15) is 19.5 Å². The van der Waals surface area contributed by atoms with E-state index in [1.165, 1.54) is 13.5 Å². The van der Waals surface area contributed by atoms with Crippen LogP contribution in [0.1, 0.15) is 71.6 Å². The zero-order chi connectivity index (χ0) is 21.4. The van der Waals surface area contributed by atoms with Gasteiger partial charge in [-0.05, 0) is 44.1 Å². The predicted molar refractivity (Wildman–Crippen MR) is 110 cm³/mol. The summed E-state index contributed by atoms with van der Waals surface area (Å²) in [6, 6.07) is -0.728. The number of hydrogen-bond donors (Lipinski definition) is 3. The van der Waals surface area contributed by atoms with Gasteiger partial charge in [-0.15, -0.1) is 0 Å². The third kappa shape index (κ3) is 6.01. The number of carbonyl (C=O) groups is 3.